The molecule has 2 nitrogen and oxygen atoms in total. The summed E-state index contributed by atoms with van der Waals surface area (Å²) in [5.74, 6) is 4.68. The highest BCUT2D eigenvalue weighted by molar-refractivity contribution is 5.40. The lowest BCUT2D eigenvalue weighted by Crippen LogP contribution is -2.08. The summed E-state index contributed by atoms with van der Waals surface area (Å²) in [6.45, 7) is 0.0200. The molecule has 0 aromatic carbocycles. The summed E-state index contributed by atoms with van der Waals surface area (Å²) in [6, 6.07) is 0.889. The van der Waals surface area contributed by atoms with Crippen LogP contribution < -0.4 is 5.73 Å². The number of aromatic nitrogens is 1. The zero-order chi connectivity index (χ0) is 10.6. The minimum Gasteiger partial charge on any atom is -0.320 e. The van der Waals surface area contributed by atoms with Gasteiger partial charge >= 0.3 is 6.18 Å². The summed E-state index contributed by atoms with van der Waals surface area (Å²) in [7, 11) is 0. The fourth-order valence-corrected chi connectivity index (χ4v) is 0.888. The van der Waals surface area contributed by atoms with Gasteiger partial charge in [0.2, 0.25) is 0 Å². The van der Waals surface area contributed by atoms with Crippen molar-refractivity contribution in [2.75, 3.05) is 6.54 Å². The van der Waals surface area contributed by atoms with Crippen LogP contribution in [0, 0.1) is 11.8 Å². The number of pyridine rings is 1. The number of rotatable bonds is 0. The highest BCUT2D eigenvalue weighted by Crippen LogP contribution is 2.30. The fraction of sp³-hybridized carbons (Fsp3) is 0.222. The van der Waals surface area contributed by atoms with E-state index in [-0.39, 0.29) is 12.1 Å². The molecule has 0 saturated carbocycles. The third-order valence-electron chi connectivity index (χ3n) is 1.45. The Morgan fingerprint density at radius 1 is 1.43 bits per heavy atom. The molecular weight excluding hydrogens is 193 g/mol. The first kappa shape index (κ1) is 10.5. The Morgan fingerprint density at radius 2 is 2.14 bits per heavy atom. The van der Waals surface area contributed by atoms with Crippen LogP contribution in [0.4, 0.5) is 13.2 Å². The van der Waals surface area contributed by atoms with E-state index < -0.39 is 11.7 Å². The van der Waals surface area contributed by atoms with Gasteiger partial charge in [0, 0.05) is 12.4 Å². The van der Waals surface area contributed by atoms with Crippen LogP contribution in [-0.2, 0) is 6.18 Å². The Morgan fingerprint density at radius 3 is 2.71 bits per heavy atom. The van der Waals surface area contributed by atoms with Crippen LogP contribution in [0.25, 0.3) is 0 Å². The molecule has 0 fully saturated rings. The lowest BCUT2D eigenvalue weighted by atomic mass is 10.1. The Kier molecular flexibility index (Phi) is 3.10. The Balaban J connectivity index is 3.16. The molecule has 0 aliphatic heterocycles. The van der Waals surface area contributed by atoms with Crippen molar-refractivity contribution in [2.24, 2.45) is 5.73 Å². The van der Waals surface area contributed by atoms with Crippen LogP contribution >= 0.6 is 0 Å². The van der Waals surface area contributed by atoms with Gasteiger partial charge in [-0.05, 0) is 6.07 Å². The van der Waals surface area contributed by atoms with Crippen molar-refractivity contribution in [3.8, 4) is 11.8 Å². The summed E-state index contributed by atoms with van der Waals surface area (Å²) in [6.07, 6.45) is -2.25. The van der Waals surface area contributed by atoms with Crippen molar-refractivity contribution in [3.63, 3.8) is 0 Å². The molecule has 0 atom stereocenters. The van der Waals surface area contributed by atoms with Crippen LogP contribution in [0.2, 0.25) is 0 Å². The number of hydrogen-bond acceptors (Lipinski definition) is 2. The lowest BCUT2D eigenvalue weighted by molar-refractivity contribution is -0.137. The summed E-state index contributed by atoms with van der Waals surface area (Å²) in [5, 5.41) is 0. The molecule has 1 heterocycles. The van der Waals surface area contributed by atoms with Crippen LogP contribution in [0.5, 0.6) is 0 Å². The van der Waals surface area contributed by atoms with E-state index in [4.69, 9.17) is 5.73 Å². The molecule has 0 aliphatic rings. The van der Waals surface area contributed by atoms with Gasteiger partial charge in [0.05, 0.1) is 17.7 Å². The minimum atomic E-state index is -4.40. The fourth-order valence-electron chi connectivity index (χ4n) is 0.888. The van der Waals surface area contributed by atoms with Gasteiger partial charge in [0.15, 0.2) is 0 Å². The second kappa shape index (κ2) is 4.11. The van der Waals surface area contributed by atoms with Gasteiger partial charge < -0.3 is 5.73 Å². The van der Waals surface area contributed by atoms with Crippen molar-refractivity contribution in [1.29, 1.82) is 0 Å². The Hall–Kier alpha value is -1.54. The van der Waals surface area contributed by atoms with Gasteiger partial charge in [-0.2, -0.15) is 13.2 Å². The normalized spacial score (nSPS) is 10.6. The number of hydrogen-bond donors (Lipinski definition) is 1. The van der Waals surface area contributed by atoms with Crippen LogP contribution in [0.3, 0.4) is 0 Å². The quantitative estimate of drug-likeness (QED) is 0.643. The first-order valence-electron chi connectivity index (χ1n) is 3.76. The van der Waals surface area contributed by atoms with E-state index in [1.165, 1.54) is 0 Å². The van der Waals surface area contributed by atoms with Gasteiger partial charge in [-0.3, -0.25) is 4.98 Å². The highest BCUT2D eigenvalue weighted by atomic mass is 19.4. The number of alkyl halides is 3. The van der Waals surface area contributed by atoms with Gasteiger partial charge in [0.1, 0.15) is 0 Å². The molecule has 74 valence electrons. The van der Waals surface area contributed by atoms with Crippen LogP contribution in [0.15, 0.2) is 18.5 Å². The molecule has 0 radical (unpaired) electrons. The molecule has 0 unspecified atom stereocenters. The van der Waals surface area contributed by atoms with E-state index in [2.05, 4.69) is 16.8 Å². The highest BCUT2D eigenvalue weighted by Gasteiger charge is 2.32. The summed E-state index contributed by atoms with van der Waals surface area (Å²) in [4.78, 5) is 3.57. The topological polar surface area (TPSA) is 38.9 Å². The maximum Gasteiger partial charge on any atom is 0.417 e. The van der Waals surface area contributed by atoms with Crippen molar-refractivity contribution in [3.05, 3.63) is 29.6 Å². The summed E-state index contributed by atoms with van der Waals surface area (Å²) >= 11 is 0. The molecule has 0 amide bonds. The zero-order valence-corrected chi connectivity index (χ0v) is 7.10. The molecular formula is C9H7F3N2. The molecule has 14 heavy (non-hydrogen) atoms. The van der Waals surface area contributed by atoms with Crippen LogP contribution in [-0.4, -0.2) is 11.5 Å². The Labute approximate surface area is 78.9 Å². The lowest BCUT2D eigenvalue weighted by Gasteiger charge is -2.07. The average molecular weight is 200 g/mol. The van der Waals surface area contributed by atoms with Gasteiger partial charge in [-0.1, -0.05) is 11.8 Å². The minimum absolute atomic E-state index is 0.0200. The first-order chi connectivity index (χ1) is 6.55. The predicted molar refractivity (Wildman–Crippen MR) is 45.2 cm³/mol. The van der Waals surface area contributed by atoms with Crippen molar-refractivity contribution in [2.45, 2.75) is 6.18 Å². The third kappa shape index (κ3) is 2.47. The standard InChI is InChI=1S/C9H7F3N2/c10-9(11,12)8-3-5-14-6-7(8)2-1-4-13/h3,5-6H,4,13H2. The molecule has 0 spiro atoms. The monoisotopic (exact) mass is 200 g/mol. The van der Waals surface area contributed by atoms with Crippen molar-refractivity contribution in [1.82, 2.24) is 4.98 Å². The molecule has 0 saturated heterocycles. The average Bonchev–Trinajstić information content (AvgIpc) is 2.14. The van der Waals surface area contributed by atoms with Crippen LogP contribution in [0.1, 0.15) is 11.1 Å². The number of halogens is 3. The van der Waals surface area contributed by atoms with Crippen molar-refractivity contribution >= 4 is 0 Å². The largest absolute Gasteiger partial charge is 0.417 e. The Bertz CT molecular complexity index is 374. The SMILES string of the molecule is NCC#Cc1cnccc1C(F)(F)F. The molecule has 0 bridgehead atoms. The van der Waals surface area contributed by atoms with E-state index >= 15 is 0 Å². The smallest absolute Gasteiger partial charge is 0.320 e. The molecule has 1 rings (SSSR count). The predicted octanol–water partition coefficient (Wildman–Crippen LogP) is 1.41. The molecule has 2 N–H and O–H groups in total. The molecule has 0 aliphatic carbocycles. The maximum absolute atomic E-state index is 12.3. The van der Waals surface area contributed by atoms with Gasteiger partial charge in [0.25, 0.3) is 0 Å². The van der Waals surface area contributed by atoms with Gasteiger partial charge in [-0.15, -0.1) is 0 Å². The van der Waals surface area contributed by atoms with E-state index in [0.717, 1.165) is 18.5 Å². The first-order valence-corrected chi connectivity index (χ1v) is 3.76. The third-order valence-corrected chi connectivity index (χ3v) is 1.45. The second-order valence-electron chi connectivity index (χ2n) is 2.42. The van der Waals surface area contributed by atoms with E-state index in [1.807, 2.05) is 0 Å². The second-order valence-corrected chi connectivity index (χ2v) is 2.42. The van der Waals surface area contributed by atoms with Crippen molar-refractivity contribution < 1.29 is 13.2 Å². The number of nitrogens with two attached hydrogens (primary N) is 1. The van der Waals surface area contributed by atoms with E-state index in [9.17, 15) is 13.2 Å². The van der Waals surface area contributed by atoms with Gasteiger partial charge in [-0.25, -0.2) is 0 Å². The molecule has 1 aromatic rings. The zero-order valence-electron chi connectivity index (χ0n) is 7.10. The van der Waals surface area contributed by atoms with E-state index in [1.54, 1.807) is 0 Å². The summed E-state index contributed by atoms with van der Waals surface area (Å²) in [5.41, 5.74) is 4.13. The number of nitrogens with zero attached hydrogens (tertiary/aromatic N) is 1. The van der Waals surface area contributed by atoms with E-state index in [0.29, 0.717) is 0 Å². The maximum atomic E-state index is 12.3. The molecule has 5 heteroatoms. The molecule has 1 aromatic heterocycles. The summed E-state index contributed by atoms with van der Waals surface area (Å²) < 4.78 is 37.0.